The van der Waals surface area contributed by atoms with E-state index in [-0.39, 0.29) is 0 Å². The average molecular weight is 280 g/mol. The second kappa shape index (κ2) is 4.56. The van der Waals surface area contributed by atoms with E-state index < -0.39 is 0 Å². The molecule has 4 nitrogen and oxygen atoms in total. The van der Waals surface area contributed by atoms with Gasteiger partial charge in [0, 0.05) is 6.61 Å². The number of rotatable bonds is 4. The van der Waals surface area contributed by atoms with Crippen LogP contribution in [0.15, 0.2) is 6.33 Å². The number of imidazole rings is 1. The zero-order chi connectivity index (χ0) is 8.97. The zero-order valence-electron chi connectivity index (χ0n) is 6.66. The van der Waals surface area contributed by atoms with Gasteiger partial charge in [0.15, 0.2) is 6.29 Å². The third-order valence-electron chi connectivity index (χ3n) is 1.38. The molecular weight excluding hydrogens is 271 g/mol. The molecular formula is C7H9IN2O2. The fourth-order valence-corrected chi connectivity index (χ4v) is 1.34. The van der Waals surface area contributed by atoms with Gasteiger partial charge in [0.05, 0.1) is 6.33 Å². The number of halogens is 1. The van der Waals surface area contributed by atoms with E-state index in [1.165, 1.54) is 0 Å². The van der Waals surface area contributed by atoms with Gasteiger partial charge in [-0.15, -0.1) is 0 Å². The lowest BCUT2D eigenvalue weighted by Gasteiger charge is -2.02. The lowest BCUT2D eigenvalue weighted by molar-refractivity contribution is 0.0840. The number of aldehydes is 1. The molecule has 0 aliphatic heterocycles. The van der Waals surface area contributed by atoms with Gasteiger partial charge in [-0.2, -0.15) is 0 Å². The van der Waals surface area contributed by atoms with Gasteiger partial charge in [0.25, 0.3) is 0 Å². The van der Waals surface area contributed by atoms with Crippen LogP contribution in [0.2, 0.25) is 0 Å². The monoisotopic (exact) mass is 280 g/mol. The van der Waals surface area contributed by atoms with E-state index in [2.05, 4.69) is 4.98 Å². The highest BCUT2D eigenvalue weighted by Gasteiger charge is 2.05. The molecule has 66 valence electrons. The minimum absolute atomic E-state index is 0.389. The number of carbonyl (C=O) groups excluding carboxylic acids is 1. The lowest BCUT2D eigenvalue weighted by Crippen LogP contribution is -2.04. The van der Waals surface area contributed by atoms with Gasteiger partial charge in [-0.05, 0) is 29.5 Å². The summed E-state index contributed by atoms with van der Waals surface area (Å²) < 4.78 is 7.53. The molecule has 0 unspecified atom stereocenters. The second-order valence-corrected chi connectivity index (χ2v) is 3.15. The summed E-state index contributed by atoms with van der Waals surface area (Å²) in [7, 11) is 0. The van der Waals surface area contributed by atoms with E-state index >= 15 is 0 Å². The Bertz CT molecular complexity index is 272. The Morgan fingerprint density at radius 3 is 3.17 bits per heavy atom. The Morgan fingerprint density at radius 2 is 2.58 bits per heavy atom. The standard InChI is InChI=1S/C7H9IN2O2/c1-2-12-5-10-4-9-7(8)6(10)3-11/h3-4H,2,5H2,1H3. The second-order valence-electron chi connectivity index (χ2n) is 2.13. The molecule has 0 atom stereocenters. The minimum Gasteiger partial charge on any atom is -0.361 e. The number of ether oxygens (including phenoxy) is 1. The summed E-state index contributed by atoms with van der Waals surface area (Å²) in [5.41, 5.74) is 0.573. The van der Waals surface area contributed by atoms with E-state index in [4.69, 9.17) is 4.74 Å². The van der Waals surface area contributed by atoms with Crippen LogP contribution in [0.1, 0.15) is 17.4 Å². The van der Waals surface area contributed by atoms with E-state index in [0.29, 0.717) is 22.7 Å². The number of aromatic nitrogens is 2. The Kier molecular flexibility index (Phi) is 3.67. The van der Waals surface area contributed by atoms with Crippen molar-refractivity contribution in [2.75, 3.05) is 6.61 Å². The predicted molar refractivity (Wildman–Crippen MR) is 52.0 cm³/mol. The minimum atomic E-state index is 0.389. The van der Waals surface area contributed by atoms with Gasteiger partial charge in [-0.1, -0.05) is 0 Å². The van der Waals surface area contributed by atoms with E-state index in [9.17, 15) is 4.79 Å². The van der Waals surface area contributed by atoms with Crippen LogP contribution in [0.4, 0.5) is 0 Å². The maximum Gasteiger partial charge on any atom is 0.169 e. The Hall–Kier alpha value is -0.430. The first-order valence-electron chi connectivity index (χ1n) is 3.53. The molecule has 0 fully saturated rings. The molecule has 1 aromatic heterocycles. The highest BCUT2D eigenvalue weighted by atomic mass is 127. The van der Waals surface area contributed by atoms with Crippen LogP contribution in [-0.2, 0) is 11.5 Å². The van der Waals surface area contributed by atoms with Crippen LogP contribution >= 0.6 is 22.6 Å². The quantitative estimate of drug-likeness (QED) is 0.616. The van der Waals surface area contributed by atoms with Gasteiger partial charge >= 0.3 is 0 Å². The molecule has 0 spiro atoms. The first-order valence-corrected chi connectivity index (χ1v) is 4.61. The van der Waals surface area contributed by atoms with Crippen molar-refractivity contribution in [2.45, 2.75) is 13.7 Å². The molecule has 5 heteroatoms. The lowest BCUT2D eigenvalue weighted by atomic mass is 10.5. The normalized spacial score (nSPS) is 10.2. The van der Waals surface area contributed by atoms with Crippen molar-refractivity contribution in [3.63, 3.8) is 0 Å². The van der Waals surface area contributed by atoms with Gasteiger partial charge < -0.3 is 9.30 Å². The SMILES string of the molecule is CCOCn1cnc(I)c1C=O. The maximum absolute atomic E-state index is 10.6. The zero-order valence-corrected chi connectivity index (χ0v) is 8.82. The highest BCUT2D eigenvalue weighted by Crippen LogP contribution is 2.07. The molecule has 1 heterocycles. The molecule has 0 aliphatic rings. The predicted octanol–water partition coefficient (Wildman–Crippen LogP) is 1.29. The van der Waals surface area contributed by atoms with Gasteiger partial charge in [-0.25, -0.2) is 4.98 Å². The van der Waals surface area contributed by atoms with Crippen molar-refractivity contribution in [3.8, 4) is 0 Å². The average Bonchev–Trinajstić information content (AvgIpc) is 2.43. The summed E-state index contributed by atoms with van der Waals surface area (Å²) in [6.07, 6.45) is 2.38. The summed E-state index contributed by atoms with van der Waals surface area (Å²) in [4.78, 5) is 14.5. The summed E-state index contributed by atoms with van der Waals surface area (Å²) in [6, 6.07) is 0. The van der Waals surface area contributed by atoms with Crippen molar-refractivity contribution in [1.82, 2.24) is 9.55 Å². The van der Waals surface area contributed by atoms with E-state index in [0.717, 1.165) is 6.29 Å². The molecule has 12 heavy (non-hydrogen) atoms. The topological polar surface area (TPSA) is 44.1 Å². The van der Waals surface area contributed by atoms with Crippen LogP contribution in [0.3, 0.4) is 0 Å². The number of hydrogen-bond acceptors (Lipinski definition) is 3. The van der Waals surface area contributed by atoms with Crippen LogP contribution in [-0.4, -0.2) is 22.4 Å². The Balaban J connectivity index is 2.77. The molecule has 0 saturated carbocycles. The first kappa shape index (κ1) is 9.66. The summed E-state index contributed by atoms with van der Waals surface area (Å²) in [6.45, 7) is 2.93. The van der Waals surface area contributed by atoms with E-state index in [1.54, 1.807) is 10.9 Å². The molecule has 1 rings (SSSR count). The van der Waals surface area contributed by atoms with Gasteiger partial charge in [-0.3, -0.25) is 4.79 Å². The third kappa shape index (κ3) is 2.04. The van der Waals surface area contributed by atoms with Crippen molar-refractivity contribution in [2.24, 2.45) is 0 Å². The highest BCUT2D eigenvalue weighted by molar-refractivity contribution is 14.1. The maximum atomic E-state index is 10.6. The third-order valence-corrected chi connectivity index (χ3v) is 2.21. The van der Waals surface area contributed by atoms with Crippen molar-refractivity contribution < 1.29 is 9.53 Å². The number of carbonyl (C=O) groups is 1. The molecule has 0 bridgehead atoms. The molecule has 0 aromatic carbocycles. The summed E-state index contributed by atoms with van der Waals surface area (Å²) in [5.74, 6) is 0. The molecule has 0 N–H and O–H groups in total. The van der Waals surface area contributed by atoms with Gasteiger partial charge in [0.1, 0.15) is 16.1 Å². The fraction of sp³-hybridized carbons (Fsp3) is 0.429. The smallest absolute Gasteiger partial charge is 0.169 e. The molecule has 0 aliphatic carbocycles. The van der Waals surface area contributed by atoms with Crippen molar-refractivity contribution in [1.29, 1.82) is 0 Å². The Morgan fingerprint density at radius 1 is 1.83 bits per heavy atom. The largest absolute Gasteiger partial charge is 0.361 e. The van der Waals surface area contributed by atoms with Crippen LogP contribution in [0, 0.1) is 3.70 Å². The number of nitrogens with zero attached hydrogens (tertiary/aromatic N) is 2. The number of hydrogen-bond donors (Lipinski definition) is 0. The molecule has 1 aromatic rings. The first-order chi connectivity index (χ1) is 5.79. The fourth-order valence-electron chi connectivity index (χ4n) is 0.776. The summed E-state index contributed by atoms with van der Waals surface area (Å²) >= 11 is 2.01. The van der Waals surface area contributed by atoms with Crippen LogP contribution in [0.25, 0.3) is 0 Å². The molecule has 0 amide bonds. The molecule has 0 radical (unpaired) electrons. The Labute approximate surface area is 84.1 Å². The van der Waals surface area contributed by atoms with E-state index in [1.807, 2.05) is 29.5 Å². The summed E-state index contributed by atoms with van der Waals surface area (Å²) in [5, 5.41) is 0. The van der Waals surface area contributed by atoms with Crippen molar-refractivity contribution >= 4 is 28.9 Å². The molecule has 0 saturated heterocycles. The van der Waals surface area contributed by atoms with Gasteiger partial charge in [0.2, 0.25) is 0 Å². The van der Waals surface area contributed by atoms with Crippen molar-refractivity contribution in [3.05, 3.63) is 15.7 Å². The van der Waals surface area contributed by atoms with Crippen LogP contribution in [0.5, 0.6) is 0 Å². The van der Waals surface area contributed by atoms with Crippen LogP contribution < -0.4 is 0 Å².